The number of rotatable bonds is 1. The Morgan fingerprint density at radius 1 is 1.23 bits per heavy atom. The molecule has 1 aromatic carbocycles. The van der Waals surface area contributed by atoms with E-state index in [0.29, 0.717) is 0 Å². The van der Waals surface area contributed by atoms with Crippen molar-refractivity contribution in [2.75, 3.05) is 0 Å². The van der Waals surface area contributed by atoms with Crippen LogP contribution in [0.1, 0.15) is 6.92 Å². The highest BCUT2D eigenvalue weighted by Gasteiger charge is 2.16. The van der Waals surface area contributed by atoms with Gasteiger partial charge in [-0.25, -0.2) is 12.6 Å². The molecule has 0 aromatic heterocycles. The highest BCUT2D eigenvalue weighted by molar-refractivity contribution is 8.14. The third-order valence-corrected chi connectivity index (χ3v) is 4.30. The summed E-state index contributed by atoms with van der Waals surface area (Å²) in [5.74, 6) is 0. The van der Waals surface area contributed by atoms with E-state index >= 15 is 0 Å². The number of hydrogen-bond donors (Lipinski definition) is 0. The van der Waals surface area contributed by atoms with Gasteiger partial charge in [0.25, 0.3) is 0 Å². The van der Waals surface area contributed by atoms with E-state index in [2.05, 4.69) is 0 Å². The first-order valence-electron chi connectivity index (χ1n) is 3.52. The van der Waals surface area contributed by atoms with Crippen LogP contribution in [0.2, 0.25) is 0 Å². The average molecular weight is 216 g/mol. The Balaban J connectivity index is 3.33. The van der Waals surface area contributed by atoms with E-state index in [-0.39, 0.29) is 20.3 Å². The molecular formula is C8H8O3S2. The fourth-order valence-corrected chi connectivity index (χ4v) is 2.30. The van der Waals surface area contributed by atoms with Gasteiger partial charge in [0.15, 0.2) is 0 Å². The van der Waals surface area contributed by atoms with Crippen molar-refractivity contribution in [3.8, 4) is 0 Å². The molecule has 5 heteroatoms. The molecule has 0 fully saturated rings. The topological polar surface area (TPSA) is 51.2 Å². The lowest BCUT2D eigenvalue weighted by Gasteiger charge is -1.99. The van der Waals surface area contributed by atoms with E-state index in [0.717, 1.165) is 0 Å². The predicted octanol–water partition coefficient (Wildman–Crippen LogP) is 0.823. The van der Waals surface area contributed by atoms with Gasteiger partial charge in [0.1, 0.15) is 15.5 Å². The van der Waals surface area contributed by atoms with Crippen LogP contribution in [0.15, 0.2) is 35.2 Å². The molecule has 0 saturated heterocycles. The van der Waals surface area contributed by atoms with Crippen LogP contribution in [0.5, 0.6) is 0 Å². The minimum absolute atomic E-state index is 0.00526. The lowest BCUT2D eigenvalue weighted by Crippen LogP contribution is -2.10. The number of benzene rings is 1. The van der Waals surface area contributed by atoms with E-state index in [1.807, 2.05) is 0 Å². The lowest BCUT2D eigenvalue weighted by molar-refractivity contribution is 0.607. The van der Waals surface area contributed by atoms with Gasteiger partial charge < -0.3 is 0 Å². The smallest absolute Gasteiger partial charge is 0.214 e. The first-order valence-corrected chi connectivity index (χ1v) is 5.75. The molecule has 0 aliphatic rings. The summed E-state index contributed by atoms with van der Waals surface area (Å²) in [6.45, 7) is 1.31. The summed E-state index contributed by atoms with van der Waals surface area (Å²) in [6.07, 6.45) is 0. The SMILES string of the molecule is CC(=S=O)S(=O)(=O)c1ccccc1. The highest BCUT2D eigenvalue weighted by Crippen LogP contribution is 2.10. The van der Waals surface area contributed by atoms with Gasteiger partial charge in [-0.3, -0.25) is 0 Å². The van der Waals surface area contributed by atoms with Crippen molar-refractivity contribution in [1.29, 1.82) is 0 Å². The summed E-state index contributed by atoms with van der Waals surface area (Å²) in [6, 6.07) is 7.90. The van der Waals surface area contributed by atoms with Crippen LogP contribution in [0, 0.1) is 0 Å². The summed E-state index contributed by atoms with van der Waals surface area (Å²) in [4.78, 5) is 0.163. The molecule has 70 valence electrons. The normalized spacial score (nSPS) is 10.8. The van der Waals surface area contributed by atoms with Crippen LogP contribution >= 0.6 is 0 Å². The largest absolute Gasteiger partial charge is 0.218 e. The molecule has 1 rings (SSSR count). The van der Waals surface area contributed by atoms with E-state index in [1.54, 1.807) is 18.2 Å². The zero-order chi connectivity index (χ0) is 9.90. The molecule has 0 radical (unpaired) electrons. The van der Waals surface area contributed by atoms with E-state index in [4.69, 9.17) is 0 Å². The highest BCUT2D eigenvalue weighted by atomic mass is 32.2. The third kappa shape index (κ3) is 2.05. The Morgan fingerprint density at radius 3 is 2.23 bits per heavy atom. The van der Waals surface area contributed by atoms with Crippen molar-refractivity contribution in [2.24, 2.45) is 0 Å². The predicted molar refractivity (Wildman–Crippen MR) is 52.5 cm³/mol. The molecular weight excluding hydrogens is 208 g/mol. The summed E-state index contributed by atoms with van der Waals surface area (Å²) in [5, 5.41) is 0. The molecule has 3 nitrogen and oxygen atoms in total. The monoisotopic (exact) mass is 216 g/mol. The quantitative estimate of drug-likeness (QED) is 0.653. The van der Waals surface area contributed by atoms with Gasteiger partial charge in [-0.2, -0.15) is 0 Å². The van der Waals surface area contributed by atoms with E-state index in [9.17, 15) is 12.6 Å². The molecule has 0 N–H and O–H groups in total. The molecule has 0 aliphatic carbocycles. The molecule has 0 aliphatic heterocycles. The Bertz CT molecular complexity index is 442. The van der Waals surface area contributed by atoms with Crippen LogP contribution < -0.4 is 0 Å². The van der Waals surface area contributed by atoms with Crippen molar-refractivity contribution >= 4 is 25.3 Å². The minimum Gasteiger partial charge on any atom is -0.218 e. The fourth-order valence-electron chi connectivity index (χ4n) is 0.810. The van der Waals surface area contributed by atoms with Gasteiger partial charge in [0.2, 0.25) is 9.84 Å². The molecule has 1 aromatic rings. The van der Waals surface area contributed by atoms with Gasteiger partial charge in [-0.15, -0.1) is 0 Å². The second-order valence-corrected chi connectivity index (χ2v) is 5.52. The van der Waals surface area contributed by atoms with Crippen LogP contribution in [0.4, 0.5) is 0 Å². The first-order chi connectivity index (χ1) is 6.09. The van der Waals surface area contributed by atoms with Crippen molar-refractivity contribution in [3.63, 3.8) is 0 Å². The van der Waals surface area contributed by atoms with Crippen molar-refractivity contribution in [3.05, 3.63) is 30.3 Å². The van der Waals surface area contributed by atoms with Crippen LogP contribution in [0.3, 0.4) is 0 Å². The van der Waals surface area contributed by atoms with Gasteiger partial charge in [0.05, 0.1) is 4.90 Å². The number of hydrogen-bond acceptors (Lipinski definition) is 3. The maximum Gasteiger partial charge on any atom is 0.214 e. The second kappa shape index (κ2) is 3.85. The zero-order valence-corrected chi connectivity index (χ0v) is 8.56. The Kier molecular flexibility index (Phi) is 3.00. The summed E-state index contributed by atoms with van der Waals surface area (Å²) >= 11 is 0.00526. The van der Waals surface area contributed by atoms with Gasteiger partial charge >= 0.3 is 0 Å². The lowest BCUT2D eigenvalue weighted by atomic mass is 10.4. The van der Waals surface area contributed by atoms with Crippen molar-refractivity contribution in [1.82, 2.24) is 0 Å². The Labute approximate surface area is 80.4 Å². The zero-order valence-electron chi connectivity index (χ0n) is 6.93. The minimum atomic E-state index is -3.52. The van der Waals surface area contributed by atoms with Crippen molar-refractivity contribution in [2.45, 2.75) is 11.8 Å². The molecule has 0 atom stereocenters. The molecule has 0 spiro atoms. The standard InChI is InChI=1S/C8H8O3S2/c1-7(12-9)13(10,11)8-5-3-2-4-6-8/h2-6H,1H3. The maximum atomic E-state index is 11.5. The second-order valence-electron chi connectivity index (χ2n) is 2.39. The maximum absolute atomic E-state index is 11.5. The van der Waals surface area contributed by atoms with Crippen LogP contribution in [-0.4, -0.2) is 16.8 Å². The summed E-state index contributed by atoms with van der Waals surface area (Å²) in [7, 11) is -3.52. The molecule has 0 heterocycles. The average Bonchev–Trinajstić information content (AvgIpc) is 2.18. The summed E-state index contributed by atoms with van der Waals surface area (Å²) < 4.78 is 33.2. The summed E-state index contributed by atoms with van der Waals surface area (Å²) in [5.41, 5.74) is 0. The van der Waals surface area contributed by atoms with E-state index < -0.39 is 9.84 Å². The first kappa shape index (κ1) is 10.1. The van der Waals surface area contributed by atoms with Crippen LogP contribution in [0.25, 0.3) is 0 Å². The molecule has 0 saturated carbocycles. The Hall–Kier alpha value is -0.940. The molecule has 0 amide bonds. The van der Waals surface area contributed by atoms with Crippen molar-refractivity contribution < 1.29 is 12.6 Å². The fraction of sp³-hybridized carbons (Fsp3) is 0.125. The van der Waals surface area contributed by atoms with Gasteiger partial charge in [0, 0.05) is 0 Å². The Morgan fingerprint density at radius 2 is 1.77 bits per heavy atom. The van der Waals surface area contributed by atoms with E-state index in [1.165, 1.54) is 19.1 Å². The third-order valence-electron chi connectivity index (χ3n) is 1.55. The molecule has 13 heavy (non-hydrogen) atoms. The molecule has 0 unspecified atom stereocenters. The van der Waals surface area contributed by atoms with Crippen LogP contribution in [-0.2, 0) is 21.1 Å². The van der Waals surface area contributed by atoms with Gasteiger partial charge in [-0.05, 0) is 19.1 Å². The number of sulfone groups is 1. The molecule has 0 bridgehead atoms. The van der Waals surface area contributed by atoms with Gasteiger partial charge in [-0.1, -0.05) is 18.2 Å².